The van der Waals surface area contributed by atoms with Crippen LogP contribution in [-0.2, 0) is 6.54 Å². The maximum absolute atomic E-state index is 5.30. The van der Waals surface area contributed by atoms with E-state index in [-0.39, 0.29) is 0 Å². The molecule has 0 saturated carbocycles. The minimum Gasteiger partial charge on any atom is -0.496 e. The van der Waals surface area contributed by atoms with Crippen LogP contribution in [0.2, 0.25) is 0 Å². The first-order valence-corrected chi connectivity index (χ1v) is 6.79. The summed E-state index contributed by atoms with van der Waals surface area (Å²) in [7, 11) is 1.69. The number of aromatic nitrogens is 2. The van der Waals surface area contributed by atoms with E-state index in [1.54, 1.807) is 7.11 Å². The lowest BCUT2D eigenvalue weighted by Crippen LogP contribution is -2.20. The molecule has 0 fully saturated rings. The molecule has 0 radical (unpaired) electrons. The highest BCUT2D eigenvalue weighted by atomic mass is 16.5. The third-order valence-corrected chi connectivity index (χ3v) is 2.98. The lowest BCUT2D eigenvalue weighted by atomic mass is 10.2. The average Bonchev–Trinajstić information content (AvgIpc) is 2.88. The Balaban J connectivity index is 1.71. The minimum absolute atomic E-state index is 0.832. The van der Waals surface area contributed by atoms with Gasteiger partial charge in [-0.1, -0.05) is 30.4 Å². The molecule has 1 aromatic heterocycles. The molecular formula is C16H21N3O. The summed E-state index contributed by atoms with van der Waals surface area (Å²) in [5.41, 5.74) is 2.29. The molecule has 0 amide bonds. The van der Waals surface area contributed by atoms with E-state index in [0.29, 0.717) is 0 Å². The van der Waals surface area contributed by atoms with E-state index in [9.17, 15) is 0 Å². The zero-order valence-electron chi connectivity index (χ0n) is 12.0. The molecule has 0 spiro atoms. The maximum Gasteiger partial charge on any atom is 0.126 e. The van der Waals surface area contributed by atoms with Crippen molar-refractivity contribution >= 4 is 6.08 Å². The highest BCUT2D eigenvalue weighted by Crippen LogP contribution is 2.18. The molecule has 20 heavy (non-hydrogen) atoms. The number of nitrogens with zero attached hydrogens (tertiary/aromatic N) is 2. The van der Waals surface area contributed by atoms with Crippen molar-refractivity contribution in [3.05, 3.63) is 53.9 Å². The van der Waals surface area contributed by atoms with Gasteiger partial charge in [-0.05, 0) is 18.6 Å². The number of rotatable bonds is 7. The van der Waals surface area contributed by atoms with Gasteiger partial charge in [0.05, 0.1) is 19.9 Å². The van der Waals surface area contributed by atoms with Gasteiger partial charge in [-0.15, -0.1) is 0 Å². The van der Waals surface area contributed by atoms with Gasteiger partial charge in [0.15, 0.2) is 0 Å². The van der Waals surface area contributed by atoms with E-state index in [2.05, 4.69) is 22.6 Å². The van der Waals surface area contributed by atoms with Crippen molar-refractivity contribution in [2.24, 2.45) is 0 Å². The van der Waals surface area contributed by atoms with Gasteiger partial charge < -0.3 is 10.1 Å². The molecule has 1 heterocycles. The first-order valence-electron chi connectivity index (χ1n) is 6.79. The number of methoxy groups -OCH3 is 1. The van der Waals surface area contributed by atoms with E-state index >= 15 is 0 Å². The van der Waals surface area contributed by atoms with Crippen LogP contribution in [-0.4, -0.2) is 30.0 Å². The standard InChI is InChI=1S/C16H21N3O/c1-14-12-18-19(13-14)11-10-17-9-5-7-15-6-3-4-8-16(15)20-2/h3-8,12-13,17H,9-11H2,1-2H3. The van der Waals surface area contributed by atoms with Gasteiger partial charge in [-0.3, -0.25) is 4.68 Å². The third kappa shape index (κ3) is 4.24. The van der Waals surface area contributed by atoms with Gasteiger partial charge in [0, 0.05) is 24.8 Å². The Hall–Kier alpha value is -2.07. The summed E-state index contributed by atoms with van der Waals surface area (Å²) < 4.78 is 7.25. The van der Waals surface area contributed by atoms with Gasteiger partial charge >= 0.3 is 0 Å². The molecule has 0 aliphatic heterocycles. The second-order valence-corrected chi connectivity index (χ2v) is 4.63. The molecule has 1 aromatic carbocycles. The normalized spacial score (nSPS) is 11.1. The molecule has 2 aromatic rings. The molecule has 0 aliphatic carbocycles. The van der Waals surface area contributed by atoms with Crippen LogP contribution >= 0.6 is 0 Å². The van der Waals surface area contributed by atoms with E-state index in [1.165, 1.54) is 5.56 Å². The first kappa shape index (κ1) is 14.3. The average molecular weight is 271 g/mol. The second-order valence-electron chi connectivity index (χ2n) is 4.63. The van der Waals surface area contributed by atoms with Crippen molar-refractivity contribution in [3.8, 4) is 5.75 Å². The van der Waals surface area contributed by atoms with Crippen molar-refractivity contribution in [1.29, 1.82) is 0 Å². The molecule has 4 heteroatoms. The van der Waals surface area contributed by atoms with Gasteiger partial charge in [0.1, 0.15) is 5.75 Å². The van der Waals surface area contributed by atoms with E-state index < -0.39 is 0 Å². The molecule has 0 aliphatic rings. The van der Waals surface area contributed by atoms with Crippen LogP contribution < -0.4 is 10.1 Å². The number of benzene rings is 1. The van der Waals surface area contributed by atoms with Crippen molar-refractivity contribution in [2.45, 2.75) is 13.5 Å². The lowest BCUT2D eigenvalue weighted by Gasteiger charge is -2.04. The number of aryl methyl sites for hydroxylation is 1. The number of hydrogen-bond donors (Lipinski definition) is 1. The van der Waals surface area contributed by atoms with Crippen LogP contribution in [0.5, 0.6) is 5.75 Å². The van der Waals surface area contributed by atoms with Gasteiger partial charge in [-0.25, -0.2) is 0 Å². The summed E-state index contributed by atoms with van der Waals surface area (Å²) in [5.74, 6) is 0.899. The Kier molecular flexibility index (Phi) is 5.38. The predicted molar refractivity (Wildman–Crippen MR) is 81.9 cm³/mol. The summed E-state index contributed by atoms with van der Waals surface area (Å²) in [6, 6.07) is 7.99. The molecule has 106 valence electrons. The Labute approximate surface area is 120 Å². The Morgan fingerprint density at radius 2 is 2.20 bits per heavy atom. The summed E-state index contributed by atoms with van der Waals surface area (Å²) in [6.07, 6.45) is 8.10. The van der Waals surface area contributed by atoms with Crippen molar-refractivity contribution < 1.29 is 4.74 Å². The van der Waals surface area contributed by atoms with Crippen LogP contribution in [0.25, 0.3) is 6.08 Å². The lowest BCUT2D eigenvalue weighted by molar-refractivity contribution is 0.414. The third-order valence-electron chi connectivity index (χ3n) is 2.98. The Bertz CT molecular complexity index is 560. The minimum atomic E-state index is 0.832. The molecule has 0 atom stereocenters. The SMILES string of the molecule is COc1ccccc1C=CCNCCn1cc(C)cn1. The predicted octanol–water partition coefficient (Wildman–Crippen LogP) is 2.50. The highest BCUT2D eigenvalue weighted by Gasteiger charge is 1.96. The number of ether oxygens (including phenoxy) is 1. The van der Waals surface area contributed by atoms with E-state index in [4.69, 9.17) is 4.74 Å². The van der Waals surface area contributed by atoms with Crippen LogP contribution in [0.3, 0.4) is 0 Å². The molecule has 1 N–H and O–H groups in total. The quantitative estimate of drug-likeness (QED) is 0.786. The molecule has 0 unspecified atom stereocenters. The molecule has 4 nitrogen and oxygen atoms in total. The smallest absolute Gasteiger partial charge is 0.126 e. The zero-order valence-corrected chi connectivity index (χ0v) is 12.0. The number of nitrogens with one attached hydrogen (secondary N) is 1. The van der Waals surface area contributed by atoms with Crippen molar-refractivity contribution in [3.63, 3.8) is 0 Å². The largest absolute Gasteiger partial charge is 0.496 e. The fourth-order valence-electron chi connectivity index (χ4n) is 1.96. The van der Waals surface area contributed by atoms with Crippen molar-refractivity contribution in [1.82, 2.24) is 15.1 Å². The van der Waals surface area contributed by atoms with Crippen LogP contribution in [0.15, 0.2) is 42.7 Å². The molecule has 0 bridgehead atoms. The van der Waals surface area contributed by atoms with Crippen LogP contribution in [0, 0.1) is 6.92 Å². The van der Waals surface area contributed by atoms with E-state index in [1.807, 2.05) is 48.3 Å². The monoisotopic (exact) mass is 271 g/mol. The fraction of sp³-hybridized carbons (Fsp3) is 0.312. The van der Waals surface area contributed by atoms with Crippen LogP contribution in [0.1, 0.15) is 11.1 Å². The van der Waals surface area contributed by atoms with Gasteiger partial charge in [0.25, 0.3) is 0 Å². The Morgan fingerprint density at radius 3 is 2.95 bits per heavy atom. The zero-order chi connectivity index (χ0) is 14.2. The first-order chi connectivity index (χ1) is 9.79. The summed E-state index contributed by atoms with van der Waals surface area (Å²) in [4.78, 5) is 0. The van der Waals surface area contributed by atoms with Crippen molar-refractivity contribution in [2.75, 3.05) is 20.2 Å². The Morgan fingerprint density at radius 1 is 1.35 bits per heavy atom. The molecular weight excluding hydrogens is 250 g/mol. The fourth-order valence-corrected chi connectivity index (χ4v) is 1.96. The molecule has 2 rings (SSSR count). The summed E-state index contributed by atoms with van der Waals surface area (Å²) >= 11 is 0. The molecule has 0 saturated heterocycles. The summed E-state index contributed by atoms with van der Waals surface area (Å²) in [6.45, 7) is 4.67. The summed E-state index contributed by atoms with van der Waals surface area (Å²) in [5, 5.41) is 7.61. The van der Waals surface area contributed by atoms with Gasteiger partial charge in [0.2, 0.25) is 0 Å². The highest BCUT2D eigenvalue weighted by molar-refractivity contribution is 5.57. The maximum atomic E-state index is 5.30. The topological polar surface area (TPSA) is 39.1 Å². The second kappa shape index (κ2) is 7.50. The number of hydrogen-bond acceptors (Lipinski definition) is 3. The van der Waals surface area contributed by atoms with Crippen LogP contribution in [0.4, 0.5) is 0 Å². The van der Waals surface area contributed by atoms with Gasteiger partial charge in [-0.2, -0.15) is 5.10 Å². The van der Waals surface area contributed by atoms with E-state index in [0.717, 1.165) is 30.9 Å². The number of para-hydroxylation sites is 1.